The Kier molecular flexibility index (Phi) is 7.00. The molecule has 1 fully saturated rings. The fourth-order valence-electron chi connectivity index (χ4n) is 4.52. The number of fused-ring (bicyclic) bond motifs is 1. The number of carboxylic acids is 1. The maximum absolute atomic E-state index is 12.0. The Labute approximate surface area is 228 Å². The molecule has 39 heavy (non-hydrogen) atoms. The average molecular weight is 549 g/mol. The molecule has 0 atom stereocenters. The van der Waals surface area contributed by atoms with Crippen molar-refractivity contribution in [1.29, 1.82) is 0 Å². The number of hydrogen-bond donors (Lipinski definition) is 2. The van der Waals surface area contributed by atoms with Gasteiger partial charge in [-0.25, -0.2) is 24.7 Å². The van der Waals surface area contributed by atoms with Crippen molar-refractivity contribution in [3.63, 3.8) is 0 Å². The first-order valence-electron chi connectivity index (χ1n) is 12.4. The summed E-state index contributed by atoms with van der Waals surface area (Å²) in [6.07, 6.45) is 6.17. The summed E-state index contributed by atoms with van der Waals surface area (Å²) in [6, 6.07) is 5.34. The highest BCUT2D eigenvalue weighted by molar-refractivity contribution is 7.23. The maximum Gasteiger partial charge on any atom is 0.321 e. The second-order valence-electron chi connectivity index (χ2n) is 9.50. The fraction of sp³-hybridized carbons (Fsp3) is 0.346. The molecule has 4 heterocycles. The molecule has 0 spiro atoms. The Morgan fingerprint density at radius 2 is 1.87 bits per heavy atom. The van der Waals surface area contributed by atoms with Gasteiger partial charge in [0.05, 0.1) is 28.4 Å². The van der Waals surface area contributed by atoms with Crippen LogP contribution >= 0.6 is 11.3 Å². The minimum Gasteiger partial charge on any atom is -0.481 e. The van der Waals surface area contributed by atoms with E-state index in [1.807, 2.05) is 24.0 Å². The van der Waals surface area contributed by atoms with Gasteiger partial charge in [0.1, 0.15) is 0 Å². The van der Waals surface area contributed by atoms with Crippen LogP contribution in [0.1, 0.15) is 26.7 Å². The molecule has 1 saturated heterocycles. The number of carbonyl (C=O) groups is 2. The number of carboxylic acid groups (broad SMARTS) is 1. The van der Waals surface area contributed by atoms with Crippen LogP contribution in [0.5, 0.6) is 6.01 Å². The molecule has 0 bridgehead atoms. The minimum atomic E-state index is -0.769. The van der Waals surface area contributed by atoms with Crippen LogP contribution in [0.15, 0.2) is 36.8 Å². The highest BCUT2D eigenvalue weighted by Gasteiger charge is 2.37. The summed E-state index contributed by atoms with van der Waals surface area (Å²) in [4.78, 5) is 49.5. The zero-order valence-electron chi connectivity index (χ0n) is 21.8. The van der Waals surface area contributed by atoms with E-state index in [0.717, 1.165) is 21.4 Å². The first kappa shape index (κ1) is 26.2. The van der Waals surface area contributed by atoms with Gasteiger partial charge in [-0.1, -0.05) is 11.3 Å². The molecular weight excluding hydrogens is 520 g/mol. The number of piperidine rings is 1. The van der Waals surface area contributed by atoms with E-state index in [4.69, 9.17) is 15.5 Å². The molecule has 1 aliphatic heterocycles. The number of rotatable bonds is 7. The smallest absolute Gasteiger partial charge is 0.321 e. The number of primary amides is 1. The molecule has 2 amide bonds. The Morgan fingerprint density at radius 3 is 2.49 bits per heavy atom. The molecule has 202 valence electrons. The van der Waals surface area contributed by atoms with Gasteiger partial charge in [-0.05, 0) is 50.5 Å². The van der Waals surface area contributed by atoms with Crippen molar-refractivity contribution in [2.45, 2.75) is 26.7 Å². The average Bonchev–Trinajstić information content (AvgIpc) is 3.37. The molecule has 13 heteroatoms. The molecule has 1 aromatic carbocycles. The number of aliphatic carboxylic acids is 1. The van der Waals surface area contributed by atoms with Gasteiger partial charge in [-0.15, -0.1) is 0 Å². The lowest BCUT2D eigenvalue weighted by atomic mass is 9.80. The van der Waals surface area contributed by atoms with Crippen LogP contribution < -0.4 is 20.3 Å². The van der Waals surface area contributed by atoms with Crippen molar-refractivity contribution in [3.05, 3.63) is 36.8 Å². The van der Waals surface area contributed by atoms with Crippen LogP contribution in [0.25, 0.3) is 32.6 Å². The van der Waals surface area contributed by atoms with Crippen LogP contribution in [0.3, 0.4) is 0 Å². The lowest BCUT2D eigenvalue weighted by Gasteiger charge is -2.36. The lowest BCUT2D eigenvalue weighted by Crippen LogP contribution is -2.43. The Balaban J connectivity index is 1.53. The first-order chi connectivity index (χ1) is 18.7. The first-order valence-corrected chi connectivity index (χ1v) is 13.2. The van der Waals surface area contributed by atoms with Gasteiger partial charge in [0.15, 0.2) is 5.13 Å². The molecule has 1 aliphatic rings. The van der Waals surface area contributed by atoms with Gasteiger partial charge in [-0.3, -0.25) is 9.69 Å². The van der Waals surface area contributed by atoms with E-state index in [-0.39, 0.29) is 6.01 Å². The SMILES string of the molecule is CCN(C(N)=O)c1nc2cc(-c3cnc(N4CCC(C)(C(=O)O)CC4)nc3)cc(-c3ccnc(OC)n3)c2s1. The topological polar surface area (TPSA) is 161 Å². The summed E-state index contributed by atoms with van der Waals surface area (Å²) >= 11 is 1.35. The second kappa shape index (κ2) is 10.4. The zero-order valence-corrected chi connectivity index (χ0v) is 22.6. The van der Waals surface area contributed by atoms with Crippen molar-refractivity contribution >= 4 is 44.6 Å². The quantitative estimate of drug-likeness (QED) is 0.347. The molecule has 0 unspecified atom stereocenters. The Hall–Kier alpha value is -4.39. The van der Waals surface area contributed by atoms with Crippen molar-refractivity contribution in [2.24, 2.45) is 11.1 Å². The van der Waals surface area contributed by atoms with Gasteiger partial charge in [0.25, 0.3) is 0 Å². The predicted octanol–water partition coefficient (Wildman–Crippen LogP) is 3.82. The van der Waals surface area contributed by atoms with Gasteiger partial charge in [-0.2, -0.15) is 4.98 Å². The third-order valence-corrected chi connectivity index (χ3v) is 8.15. The molecule has 0 saturated carbocycles. The Bertz CT molecular complexity index is 1530. The standard InChI is InChI=1S/C26H28N8O4S/c1-4-34(22(27)37)25-32-19-12-15(11-17(20(19)39-25)18-5-8-28-24(31-18)38-3)16-13-29-23(30-14-16)33-9-6-26(2,7-10-33)21(35)36/h5,8,11-14H,4,6-7,9-10H2,1-3H3,(H2,27,37)(H,35,36). The number of methoxy groups -OCH3 is 1. The number of nitrogens with two attached hydrogens (primary N) is 1. The summed E-state index contributed by atoms with van der Waals surface area (Å²) in [5.41, 5.74) is 8.55. The molecule has 0 radical (unpaired) electrons. The fourth-order valence-corrected chi connectivity index (χ4v) is 5.65. The number of aromatic nitrogens is 5. The normalized spacial score (nSPS) is 14.8. The number of thiazole rings is 1. The lowest BCUT2D eigenvalue weighted by molar-refractivity contribution is -0.149. The number of hydrogen-bond acceptors (Lipinski definition) is 10. The molecule has 5 rings (SSSR count). The van der Waals surface area contributed by atoms with E-state index in [0.29, 0.717) is 54.8 Å². The minimum absolute atomic E-state index is 0.233. The van der Waals surface area contributed by atoms with Gasteiger partial charge in [0, 0.05) is 49.4 Å². The van der Waals surface area contributed by atoms with Crippen molar-refractivity contribution in [1.82, 2.24) is 24.9 Å². The molecule has 0 aliphatic carbocycles. The summed E-state index contributed by atoms with van der Waals surface area (Å²) in [7, 11) is 1.51. The van der Waals surface area contributed by atoms with Gasteiger partial charge in [0.2, 0.25) is 5.95 Å². The van der Waals surface area contributed by atoms with E-state index in [1.54, 1.807) is 31.6 Å². The van der Waals surface area contributed by atoms with Crippen LogP contribution in [0, 0.1) is 5.41 Å². The molecule has 4 aromatic rings. The number of urea groups is 1. The van der Waals surface area contributed by atoms with E-state index in [9.17, 15) is 14.7 Å². The van der Waals surface area contributed by atoms with Crippen LogP contribution in [-0.2, 0) is 4.79 Å². The molecule has 3 N–H and O–H groups in total. The number of nitrogens with zero attached hydrogens (tertiary/aromatic N) is 7. The third-order valence-electron chi connectivity index (χ3n) is 7.02. The largest absolute Gasteiger partial charge is 0.481 e. The van der Waals surface area contributed by atoms with E-state index in [1.165, 1.54) is 23.3 Å². The van der Waals surface area contributed by atoms with Crippen LogP contribution in [0.2, 0.25) is 0 Å². The second-order valence-corrected chi connectivity index (χ2v) is 10.5. The van der Waals surface area contributed by atoms with Gasteiger partial charge >= 0.3 is 18.0 Å². The summed E-state index contributed by atoms with van der Waals surface area (Å²) in [5, 5.41) is 9.99. The Morgan fingerprint density at radius 1 is 1.15 bits per heavy atom. The van der Waals surface area contributed by atoms with E-state index >= 15 is 0 Å². The molecular formula is C26H28N8O4S. The third kappa shape index (κ3) is 5.04. The molecule has 12 nitrogen and oxygen atoms in total. The summed E-state index contributed by atoms with van der Waals surface area (Å²) in [5.74, 6) is -0.210. The van der Waals surface area contributed by atoms with E-state index < -0.39 is 17.4 Å². The van der Waals surface area contributed by atoms with Crippen molar-refractivity contribution in [2.75, 3.05) is 36.5 Å². The van der Waals surface area contributed by atoms with Gasteiger partial charge < -0.3 is 20.5 Å². The summed E-state index contributed by atoms with van der Waals surface area (Å²) < 4.78 is 6.07. The van der Waals surface area contributed by atoms with E-state index in [2.05, 4.69) is 19.9 Å². The molecule has 3 aromatic heterocycles. The highest BCUT2D eigenvalue weighted by Crippen LogP contribution is 2.39. The van der Waals surface area contributed by atoms with Crippen molar-refractivity contribution < 1.29 is 19.4 Å². The zero-order chi connectivity index (χ0) is 27.7. The predicted molar refractivity (Wildman–Crippen MR) is 148 cm³/mol. The van der Waals surface area contributed by atoms with Crippen LogP contribution in [0.4, 0.5) is 15.9 Å². The highest BCUT2D eigenvalue weighted by atomic mass is 32.1. The monoisotopic (exact) mass is 548 g/mol. The number of anilines is 2. The number of benzene rings is 1. The number of carbonyl (C=O) groups excluding carboxylic acids is 1. The maximum atomic E-state index is 12.0. The van der Waals surface area contributed by atoms with Crippen LogP contribution in [-0.4, -0.2) is 68.8 Å². The summed E-state index contributed by atoms with van der Waals surface area (Å²) in [6.45, 7) is 5.15. The number of amides is 2. The van der Waals surface area contributed by atoms with Crippen molar-refractivity contribution in [3.8, 4) is 28.4 Å². The number of ether oxygens (including phenoxy) is 1.